The first-order valence-corrected chi connectivity index (χ1v) is 11.5. The summed E-state index contributed by atoms with van der Waals surface area (Å²) in [4.78, 5) is 54.1. The molecule has 38 heavy (non-hydrogen) atoms. The number of aromatic nitrogens is 1. The van der Waals surface area contributed by atoms with Gasteiger partial charge >= 0.3 is 18.0 Å². The monoisotopic (exact) mass is 539 g/mol. The highest BCUT2D eigenvalue weighted by atomic mass is 35.5. The number of nitroso groups, excluding NO2 is 1. The smallest absolute Gasteiger partial charge is 0.346 e. The van der Waals surface area contributed by atoms with Gasteiger partial charge in [-0.15, -0.1) is 4.91 Å². The van der Waals surface area contributed by atoms with Crippen molar-refractivity contribution in [3.63, 3.8) is 0 Å². The summed E-state index contributed by atoms with van der Waals surface area (Å²) in [6.45, 7) is -0.843. The zero-order valence-corrected chi connectivity index (χ0v) is 20.7. The van der Waals surface area contributed by atoms with Crippen LogP contribution in [0.5, 0.6) is 17.4 Å². The maximum absolute atomic E-state index is 13.3. The Labute approximate surface area is 221 Å². The highest BCUT2D eigenvalue weighted by molar-refractivity contribution is 6.30. The lowest BCUT2D eigenvalue weighted by Gasteiger charge is -2.45. The second kappa shape index (κ2) is 11.5. The van der Waals surface area contributed by atoms with E-state index in [9.17, 15) is 19.3 Å². The van der Waals surface area contributed by atoms with Gasteiger partial charge in [-0.25, -0.2) is 30.3 Å². The number of ether oxygens (including phenoxy) is 2. The predicted molar refractivity (Wildman–Crippen MR) is 136 cm³/mol. The van der Waals surface area contributed by atoms with Crippen molar-refractivity contribution in [3.05, 3.63) is 82.4 Å². The normalized spacial score (nSPS) is 15.3. The van der Waals surface area contributed by atoms with Crippen molar-refractivity contribution in [3.8, 4) is 17.4 Å². The van der Waals surface area contributed by atoms with E-state index in [-0.39, 0.29) is 6.54 Å². The number of nitrogens with one attached hydrogen (secondary N) is 1. The van der Waals surface area contributed by atoms with Crippen molar-refractivity contribution < 1.29 is 23.9 Å². The molecule has 13 nitrogen and oxygen atoms in total. The number of anilines is 1. The van der Waals surface area contributed by atoms with Crippen LogP contribution in [0.25, 0.3) is 0 Å². The number of nitrogens with two attached hydrogens (primary N) is 1. The van der Waals surface area contributed by atoms with Crippen LogP contribution in [0.3, 0.4) is 0 Å². The summed E-state index contributed by atoms with van der Waals surface area (Å²) >= 11 is 5.96. The first-order valence-electron chi connectivity index (χ1n) is 11.1. The molecule has 14 heteroatoms. The molecule has 0 bridgehead atoms. The zero-order valence-electron chi connectivity index (χ0n) is 20.0. The van der Waals surface area contributed by atoms with Crippen LogP contribution in [-0.4, -0.2) is 57.7 Å². The number of rotatable bonds is 9. The Kier molecular flexibility index (Phi) is 7.99. The van der Waals surface area contributed by atoms with E-state index in [0.29, 0.717) is 38.6 Å². The van der Waals surface area contributed by atoms with Crippen LogP contribution in [0.15, 0.2) is 72.0 Å². The minimum atomic E-state index is -1.19. The number of hydrogen-bond donors (Lipinski definition) is 2. The van der Waals surface area contributed by atoms with Gasteiger partial charge in [0.25, 0.3) is 0 Å². The molecule has 1 saturated heterocycles. The molecule has 1 aliphatic rings. The number of hydrazine groups is 1. The SMILES string of the molecule is COc1ccc(Oc2ccc(NC3N(N)C(=O)N(CC(=O)N=O)C(=O)N3Cc3ccc(Cl)cc3)cc2)cn1. The summed E-state index contributed by atoms with van der Waals surface area (Å²) in [5.74, 6) is 6.33. The molecular weight excluding hydrogens is 518 g/mol. The van der Waals surface area contributed by atoms with Gasteiger partial charge in [-0.2, -0.15) is 0 Å². The van der Waals surface area contributed by atoms with E-state index >= 15 is 0 Å². The molecule has 1 fully saturated rings. The van der Waals surface area contributed by atoms with E-state index in [0.717, 1.165) is 5.01 Å². The molecule has 2 heterocycles. The lowest BCUT2D eigenvalue weighted by Crippen LogP contribution is -2.70. The second-order valence-corrected chi connectivity index (χ2v) is 8.42. The van der Waals surface area contributed by atoms with Crippen LogP contribution >= 0.6 is 11.6 Å². The Morgan fingerprint density at radius 1 is 1.05 bits per heavy atom. The highest BCUT2D eigenvalue weighted by Crippen LogP contribution is 2.26. The fourth-order valence-electron chi connectivity index (χ4n) is 3.58. The maximum Gasteiger partial charge on any atom is 0.346 e. The van der Waals surface area contributed by atoms with Crippen LogP contribution in [-0.2, 0) is 11.3 Å². The standard InChI is InChI=1S/C24H22ClN7O6/c1-37-21-11-10-19(12-27-21)38-18-8-6-17(7-9-18)28-22-30(13-15-2-4-16(25)5-3-15)23(34)31(14-20(33)29-36)24(35)32(22)26/h2-12,22,28H,13-14,26H2,1H3. The van der Waals surface area contributed by atoms with Gasteiger partial charge in [0.15, 0.2) is 0 Å². The van der Waals surface area contributed by atoms with Crippen LogP contribution in [0.1, 0.15) is 5.56 Å². The number of benzene rings is 2. The van der Waals surface area contributed by atoms with E-state index in [1.165, 1.54) is 18.2 Å². The summed E-state index contributed by atoms with van der Waals surface area (Å²) in [5.41, 5.74) is 1.18. The van der Waals surface area contributed by atoms with Gasteiger partial charge in [-0.05, 0) is 48.0 Å². The van der Waals surface area contributed by atoms with E-state index in [4.69, 9.17) is 26.9 Å². The molecule has 2 aromatic carbocycles. The molecule has 1 atom stereocenters. The maximum atomic E-state index is 13.3. The molecule has 0 spiro atoms. The first-order chi connectivity index (χ1) is 18.3. The Bertz CT molecular complexity index is 1320. The summed E-state index contributed by atoms with van der Waals surface area (Å²) < 4.78 is 10.8. The number of nitrogens with zero attached hydrogens (tertiary/aromatic N) is 5. The van der Waals surface area contributed by atoms with Crippen LogP contribution in [0, 0.1) is 4.91 Å². The molecule has 3 aromatic rings. The van der Waals surface area contributed by atoms with Crippen molar-refractivity contribution in [2.45, 2.75) is 12.8 Å². The average Bonchev–Trinajstić information content (AvgIpc) is 2.94. The van der Waals surface area contributed by atoms with Gasteiger partial charge in [0, 0.05) is 22.0 Å². The van der Waals surface area contributed by atoms with E-state index in [2.05, 4.69) is 15.5 Å². The summed E-state index contributed by atoms with van der Waals surface area (Å²) in [6, 6.07) is 14.9. The minimum absolute atomic E-state index is 0.000475. The zero-order chi connectivity index (χ0) is 27.2. The van der Waals surface area contributed by atoms with Crippen molar-refractivity contribution in [2.75, 3.05) is 19.0 Å². The molecule has 1 aromatic heterocycles. The van der Waals surface area contributed by atoms with Gasteiger partial charge in [0.1, 0.15) is 18.0 Å². The quantitative estimate of drug-likeness (QED) is 0.234. The van der Waals surface area contributed by atoms with Gasteiger partial charge in [-0.3, -0.25) is 9.69 Å². The fourth-order valence-corrected chi connectivity index (χ4v) is 3.70. The molecule has 0 saturated carbocycles. The number of amides is 5. The largest absolute Gasteiger partial charge is 0.481 e. The van der Waals surface area contributed by atoms with E-state index < -0.39 is 30.8 Å². The Morgan fingerprint density at radius 2 is 1.74 bits per heavy atom. The molecule has 4 rings (SSSR count). The molecule has 3 N–H and O–H groups in total. The Hall–Kier alpha value is -4.75. The Morgan fingerprint density at radius 3 is 2.34 bits per heavy atom. The summed E-state index contributed by atoms with van der Waals surface area (Å²) in [5, 5.41) is 6.56. The topological polar surface area (TPSA) is 160 Å². The van der Waals surface area contributed by atoms with Crippen LogP contribution < -0.4 is 20.6 Å². The average molecular weight is 540 g/mol. The number of pyridine rings is 1. The predicted octanol–water partition coefficient (Wildman–Crippen LogP) is 3.76. The molecule has 196 valence electrons. The fraction of sp³-hybridized carbons (Fsp3) is 0.167. The molecule has 0 aliphatic carbocycles. The Balaban J connectivity index is 1.55. The van der Waals surface area contributed by atoms with E-state index in [1.54, 1.807) is 60.7 Å². The molecule has 5 amide bonds. The first kappa shape index (κ1) is 26.3. The number of imide groups is 1. The van der Waals surface area contributed by atoms with E-state index in [1.807, 2.05) is 0 Å². The summed E-state index contributed by atoms with van der Waals surface area (Å²) in [6.07, 6.45) is 0.376. The lowest BCUT2D eigenvalue weighted by molar-refractivity contribution is -0.118. The number of halogens is 1. The number of carbonyl (C=O) groups is 3. The van der Waals surface area contributed by atoms with Crippen molar-refractivity contribution in [1.82, 2.24) is 19.8 Å². The molecule has 1 unspecified atom stereocenters. The second-order valence-electron chi connectivity index (χ2n) is 7.98. The summed E-state index contributed by atoms with van der Waals surface area (Å²) in [7, 11) is 1.51. The highest BCUT2D eigenvalue weighted by Gasteiger charge is 2.44. The number of methoxy groups -OCH3 is 1. The number of hydrogen-bond acceptors (Lipinski definition) is 9. The van der Waals surface area contributed by atoms with Crippen molar-refractivity contribution >= 4 is 35.3 Å². The van der Waals surface area contributed by atoms with Crippen molar-refractivity contribution in [2.24, 2.45) is 11.0 Å². The minimum Gasteiger partial charge on any atom is -0.481 e. The van der Waals surface area contributed by atoms with Gasteiger partial charge < -0.3 is 14.8 Å². The third kappa shape index (κ3) is 5.96. The lowest BCUT2D eigenvalue weighted by atomic mass is 10.2. The number of urea groups is 2. The molecule has 1 aliphatic heterocycles. The molecule has 0 radical (unpaired) electrons. The van der Waals surface area contributed by atoms with Gasteiger partial charge in [-0.1, -0.05) is 23.7 Å². The van der Waals surface area contributed by atoms with Gasteiger partial charge in [0.2, 0.25) is 12.2 Å². The van der Waals surface area contributed by atoms with Gasteiger partial charge in [0.05, 0.1) is 19.9 Å². The third-order valence-corrected chi connectivity index (χ3v) is 5.70. The van der Waals surface area contributed by atoms with Crippen molar-refractivity contribution in [1.29, 1.82) is 0 Å². The van der Waals surface area contributed by atoms with Crippen LogP contribution in [0.4, 0.5) is 15.3 Å². The third-order valence-electron chi connectivity index (χ3n) is 5.45. The van der Waals surface area contributed by atoms with Crippen LogP contribution in [0.2, 0.25) is 5.02 Å². The number of carbonyl (C=O) groups excluding carboxylic acids is 3. The molecular formula is C24H22ClN7O6.